The van der Waals surface area contributed by atoms with Crippen LogP contribution in [-0.4, -0.2) is 54.5 Å². The lowest BCUT2D eigenvalue weighted by Crippen LogP contribution is -2.46. The highest BCUT2D eigenvalue weighted by Crippen LogP contribution is 2.32. The van der Waals surface area contributed by atoms with Gasteiger partial charge < -0.3 is 20.1 Å². The van der Waals surface area contributed by atoms with Crippen LogP contribution in [0.1, 0.15) is 40.0 Å². The van der Waals surface area contributed by atoms with Gasteiger partial charge in [0.05, 0.1) is 11.7 Å². The topological polar surface area (TPSA) is 61.8 Å². The van der Waals surface area contributed by atoms with E-state index in [0.29, 0.717) is 12.5 Å². The van der Waals surface area contributed by atoms with Crippen LogP contribution < -0.4 is 5.32 Å². The van der Waals surface area contributed by atoms with Crippen molar-refractivity contribution in [2.45, 2.75) is 57.8 Å². The summed E-state index contributed by atoms with van der Waals surface area (Å²) in [7, 11) is 3.39. The van der Waals surface area contributed by atoms with Gasteiger partial charge in [-0.05, 0) is 46.0 Å². The molecule has 1 aliphatic carbocycles. The lowest BCUT2D eigenvalue weighted by molar-refractivity contribution is 0.00903. The summed E-state index contributed by atoms with van der Waals surface area (Å²) in [5.74, 6) is 0.389. The number of nitrogens with one attached hydrogen (secondary N) is 1. The highest BCUT2D eigenvalue weighted by atomic mass is 16.5. The highest BCUT2D eigenvalue weighted by molar-refractivity contribution is 5.74. The molecule has 5 heteroatoms. The second kappa shape index (κ2) is 6.57. The Morgan fingerprint density at radius 1 is 1.53 bits per heavy atom. The molecule has 1 fully saturated rings. The molecule has 5 nitrogen and oxygen atoms in total. The number of aliphatic hydroxyl groups excluding tert-OH is 1. The Morgan fingerprint density at radius 2 is 2.11 bits per heavy atom. The second-order valence-electron chi connectivity index (χ2n) is 6.30. The number of hydrogen-bond acceptors (Lipinski definition) is 3. The fraction of sp³-hybridized carbons (Fsp3) is 0.929. The van der Waals surface area contributed by atoms with Crippen LogP contribution in [0.15, 0.2) is 0 Å². The monoisotopic (exact) mass is 272 g/mol. The zero-order valence-electron chi connectivity index (χ0n) is 12.8. The summed E-state index contributed by atoms with van der Waals surface area (Å²) in [6.45, 7) is 6.35. The van der Waals surface area contributed by atoms with Crippen molar-refractivity contribution in [1.29, 1.82) is 0 Å². The summed E-state index contributed by atoms with van der Waals surface area (Å²) >= 11 is 0. The molecular weight excluding hydrogens is 244 g/mol. The van der Waals surface area contributed by atoms with Gasteiger partial charge in [0.2, 0.25) is 0 Å². The molecule has 2 unspecified atom stereocenters. The minimum absolute atomic E-state index is 0.0305. The number of nitrogens with zero attached hydrogens (tertiary/aromatic N) is 1. The number of hydrogen-bond donors (Lipinski definition) is 2. The van der Waals surface area contributed by atoms with Crippen molar-refractivity contribution in [3.05, 3.63) is 0 Å². The fourth-order valence-electron chi connectivity index (χ4n) is 2.19. The summed E-state index contributed by atoms with van der Waals surface area (Å²) in [4.78, 5) is 13.5. The molecule has 2 atom stereocenters. The number of amides is 2. The van der Waals surface area contributed by atoms with E-state index in [0.717, 1.165) is 19.3 Å². The molecule has 0 heterocycles. The molecule has 2 amide bonds. The maximum Gasteiger partial charge on any atom is 0.317 e. The third kappa shape index (κ3) is 5.78. The van der Waals surface area contributed by atoms with Gasteiger partial charge in [-0.3, -0.25) is 0 Å². The Morgan fingerprint density at radius 3 is 2.58 bits per heavy atom. The number of methoxy groups -OCH3 is 1. The fourth-order valence-corrected chi connectivity index (χ4v) is 2.19. The van der Waals surface area contributed by atoms with Crippen LogP contribution >= 0.6 is 0 Å². The van der Waals surface area contributed by atoms with Crippen molar-refractivity contribution in [3.63, 3.8) is 0 Å². The van der Waals surface area contributed by atoms with E-state index in [2.05, 4.69) is 5.32 Å². The zero-order chi connectivity index (χ0) is 14.6. The number of carbonyl (C=O) groups is 1. The Balaban J connectivity index is 2.32. The van der Waals surface area contributed by atoms with Crippen LogP contribution in [0.4, 0.5) is 4.79 Å². The first-order valence-corrected chi connectivity index (χ1v) is 7.00. The Labute approximate surface area is 116 Å². The second-order valence-corrected chi connectivity index (χ2v) is 6.30. The number of aliphatic hydroxyl groups is 1. The first-order valence-electron chi connectivity index (χ1n) is 7.00. The first kappa shape index (κ1) is 16.2. The van der Waals surface area contributed by atoms with E-state index in [1.54, 1.807) is 19.1 Å². The number of rotatable bonds is 7. The molecule has 1 aliphatic rings. The summed E-state index contributed by atoms with van der Waals surface area (Å²) in [5.41, 5.74) is -0.251. The van der Waals surface area contributed by atoms with E-state index >= 15 is 0 Å². The number of carbonyl (C=O) groups excluding carboxylic acids is 1. The molecule has 0 bridgehead atoms. The Bertz CT molecular complexity index is 303. The van der Waals surface area contributed by atoms with Gasteiger partial charge in [-0.25, -0.2) is 4.79 Å². The van der Waals surface area contributed by atoms with Crippen LogP contribution in [0.3, 0.4) is 0 Å². The standard InChI is InChI=1S/C14H28N2O3/c1-10(8-14(2,3)19-5)15-13(18)16(4)9-12(17)11-6-7-11/h10-12,17H,6-9H2,1-5H3,(H,15,18). The van der Waals surface area contributed by atoms with Gasteiger partial charge >= 0.3 is 6.03 Å². The molecule has 0 aromatic heterocycles. The molecule has 0 saturated heterocycles. The predicted molar refractivity (Wildman–Crippen MR) is 75.1 cm³/mol. The van der Waals surface area contributed by atoms with Gasteiger partial charge in [-0.2, -0.15) is 0 Å². The molecular formula is C14H28N2O3. The number of ether oxygens (including phenoxy) is 1. The van der Waals surface area contributed by atoms with E-state index in [1.807, 2.05) is 20.8 Å². The quantitative estimate of drug-likeness (QED) is 0.740. The van der Waals surface area contributed by atoms with Crippen LogP contribution in [0.5, 0.6) is 0 Å². The molecule has 19 heavy (non-hydrogen) atoms. The van der Waals surface area contributed by atoms with Crippen molar-refractivity contribution >= 4 is 6.03 Å². The molecule has 0 aromatic carbocycles. The lowest BCUT2D eigenvalue weighted by atomic mass is 10.00. The van der Waals surface area contributed by atoms with Crippen molar-refractivity contribution in [2.75, 3.05) is 20.7 Å². The summed E-state index contributed by atoms with van der Waals surface area (Å²) < 4.78 is 5.35. The molecule has 0 radical (unpaired) electrons. The average molecular weight is 272 g/mol. The van der Waals surface area contributed by atoms with E-state index in [9.17, 15) is 9.90 Å². The van der Waals surface area contributed by atoms with Gasteiger partial charge in [0.1, 0.15) is 0 Å². The smallest absolute Gasteiger partial charge is 0.317 e. The van der Waals surface area contributed by atoms with Crippen molar-refractivity contribution in [2.24, 2.45) is 5.92 Å². The Hall–Kier alpha value is -0.810. The summed E-state index contributed by atoms with van der Waals surface area (Å²) in [6.07, 6.45) is 2.51. The molecule has 0 spiro atoms. The van der Waals surface area contributed by atoms with Gasteiger partial charge in [-0.1, -0.05) is 0 Å². The Kier molecular flexibility index (Phi) is 5.62. The van der Waals surface area contributed by atoms with Crippen molar-refractivity contribution in [3.8, 4) is 0 Å². The molecule has 0 aliphatic heterocycles. The maximum absolute atomic E-state index is 12.0. The molecule has 1 rings (SSSR count). The van der Waals surface area contributed by atoms with E-state index < -0.39 is 0 Å². The minimum atomic E-state index is -0.388. The van der Waals surface area contributed by atoms with Crippen LogP contribution in [0, 0.1) is 5.92 Å². The summed E-state index contributed by atoms with van der Waals surface area (Å²) in [5, 5.41) is 12.8. The van der Waals surface area contributed by atoms with Crippen molar-refractivity contribution in [1.82, 2.24) is 10.2 Å². The summed E-state index contributed by atoms with van der Waals surface area (Å²) in [6, 6.07) is -0.109. The molecule has 1 saturated carbocycles. The van der Waals surface area contributed by atoms with Crippen LogP contribution in [0.25, 0.3) is 0 Å². The van der Waals surface area contributed by atoms with Gasteiger partial charge in [-0.15, -0.1) is 0 Å². The largest absolute Gasteiger partial charge is 0.391 e. The van der Waals surface area contributed by atoms with Crippen LogP contribution in [0.2, 0.25) is 0 Å². The third-order valence-corrected chi connectivity index (χ3v) is 3.69. The SMILES string of the molecule is COC(C)(C)CC(C)NC(=O)N(C)CC(O)C1CC1. The third-order valence-electron chi connectivity index (χ3n) is 3.69. The molecule has 0 aromatic rings. The van der Waals surface area contributed by atoms with Gasteiger partial charge in [0.25, 0.3) is 0 Å². The van der Waals surface area contributed by atoms with Gasteiger partial charge in [0, 0.05) is 26.7 Å². The number of likely N-dealkylation sites (N-methyl/N-ethyl adjacent to an activating group) is 1. The zero-order valence-corrected chi connectivity index (χ0v) is 12.8. The van der Waals surface area contributed by atoms with E-state index in [1.165, 1.54) is 0 Å². The maximum atomic E-state index is 12.0. The highest BCUT2D eigenvalue weighted by Gasteiger charge is 2.31. The van der Waals surface area contributed by atoms with Gasteiger partial charge in [0.15, 0.2) is 0 Å². The first-order chi connectivity index (χ1) is 8.75. The average Bonchev–Trinajstić information content (AvgIpc) is 3.11. The predicted octanol–water partition coefficient (Wildman–Crippen LogP) is 1.60. The number of urea groups is 1. The molecule has 112 valence electrons. The normalized spacial score (nSPS) is 18.8. The minimum Gasteiger partial charge on any atom is -0.391 e. The lowest BCUT2D eigenvalue weighted by Gasteiger charge is -2.29. The van der Waals surface area contributed by atoms with Crippen molar-refractivity contribution < 1.29 is 14.6 Å². The van der Waals surface area contributed by atoms with Crippen LogP contribution in [-0.2, 0) is 4.74 Å². The van der Waals surface area contributed by atoms with E-state index in [4.69, 9.17) is 4.74 Å². The van der Waals surface area contributed by atoms with E-state index in [-0.39, 0.29) is 23.8 Å². The molecule has 2 N–H and O–H groups in total.